The summed E-state index contributed by atoms with van der Waals surface area (Å²) >= 11 is 1.73. The molecule has 0 fully saturated rings. The predicted octanol–water partition coefficient (Wildman–Crippen LogP) is 2.33. The highest BCUT2D eigenvalue weighted by molar-refractivity contribution is 7.11. The van der Waals surface area contributed by atoms with Crippen molar-refractivity contribution in [1.82, 2.24) is 15.0 Å². The number of anilines is 1. The summed E-state index contributed by atoms with van der Waals surface area (Å²) in [6.45, 7) is 4.91. The van der Waals surface area contributed by atoms with Crippen LogP contribution in [0.1, 0.15) is 28.2 Å². The first-order valence-corrected chi connectivity index (χ1v) is 6.96. The Morgan fingerprint density at radius 1 is 1.37 bits per heavy atom. The topological polar surface area (TPSA) is 74.5 Å². The molecule has 0 atom stereocenters. The summed E-state index contributed by atoms with van der Waals surface area (Å²) in [6.07, 6.45) is 4.89. The number of aromatic nitrogens is 3. The maximum Gasteiger partial charge on any atom is 0.182 e. The third kappa shape index (κ3) is 3.26. The lowest BCUT2D eigenvalue weighted by molar-refractivity contribution is 0.947. The van der Waals surface area contributed by atoms with Gasteiger partial charge in [0.05, 0.1) is 10.7 Å². The fourth-order valence-corrected chi connectivity index (χ4v) is 2.78. The largest absolute Gasteiger partial charge is 0.367 e. The molecule has 98 valence electrons. The molecule has 0 aliphatic carbocycles. The van der Waals surface area contributed by atoms with E-state index >= 15 is 0 Å². The summed E-state index contributed by atoms with van der Waals surface area (Å²) in [5.74, 6) is 0.536. The van der Waals surface area contributed by atoms with Crippen LogP contribution in [-0.2, 0) is 12.8 Å². The molecule has 2 aromatic rings. The van der Waals surface area contributed by atoms with Gasteiger partial charge >= 0.3 is 0 Å². The second-order valence-electron chi connectivity index (χ2n) is 4.01. The molecule has 0 aliphatic heterocycles. The number of nitrogens with zero attached hydrogens (tertiary/aromatic N) is 4. The van der Waals surface area contributed by atoms with Crippen molar-refractivity contribution in [2.45, 2.75) is 26.7 Å². The average molecular weight is 273 g/mol. The van der Waals surface area contributed by atoms with E-state index in [1.165, 1.54) is 16.8 Å². The van der Waals surface area contributed by atoms with Gasteiger partial charge in [0.15, 0.2) is 11.5 Å². The van der Waals surface area contributed by atoms with Gasteiger partial charge in [-0.25, -0.2) is 15.0 Å². The monoisotopic (exact) mass is 273 g/mol. The van der Waals surface area contributed by atoms with E-state index in [0.717, 1.165) is 17.8 Å². The van der Waals surface area contributed by atoms with Crippen molar-refractivity contribution >= 4 is 17.2 Å². The van der Waals surface area contributed by atoms with Crippen LogP contribution < -0.4 is 5.32 Å². The standard InChI is InChI=1S/C13H15N5S/c1-3-10-9(2)19-12(18-10)4-5-16-13-11(8-14)15-6-7-17-13/h6-7H,3-5H2,1-2H3,(H,16,17). The number of thiazole rings is 1. The van der Waals surface area contributed by atoms with Gasteiger partial charge < -0.3 is 5.32 Å². The molecule has 0 spiro atoms. The molecular formula is C13H15N5S. The van der Waals surface area contributed by atoms with Gasteiger partial charge in [-0.3, -0.25) is 0 Å². The van der Waals surface area contributed by atoms with Gasteiger partial charge in [0.1, 0.15) is 6.07 Å². The molecule has 1 N–H and O–H groups in total. The zero-order valence-corrected chi connectivity index (χ0v) is 11.8. The van der Waals surface area contributed by atoms with Crippen LogP contribution in [-0.4, -0.2) is 21.5 Å². The summed E-state index contributed by atoms with van der Waals surface area (Å²) in [6, 6.07) is 2.02. The minimum Gasteiger partial charge on any atom is -0.367 e. The van der Waals surface area contributed by atoms with Crippen LogP contribution in [0.5, 0.6) is 0 Å². The van der Waals surface area contributed by atoms with Crippen LogP contribution in [0.15, 0.2) is 12.4 Å². The molecule has 19 heavy (non-hydrogen) atoms. The minimum atomic E-state index is 0.326. The molecule has 2 heterocycles. The van der Waals surface area contributed by atoms with Crippen molar-refractivity contribution in [3.8, 4) is 6.07 Å². The molecule has 0 aliphatic rings. The van der Waals surface area contributed by atoms with E-state index in [2.05, 4.69) is 34.1 Å². The van der Waals surface area contributed by atoms with Crippen molar-refractivity contribution in [3.63, 3.8) is 0 Å². The van der Waals surface area contributed by atoms with E-state index in [1.807, 2.05) is 6.07 Å². The van der Waals surface area contributed by atoms with Crippen LogP contribution in [0.25, 0.3) is 0 Å². The number of hydrogen-bond donors (Lipinski definition) is 1. The zero-order valence-electron chi connectivity index (χ0n) is 11.0. The smallest absolute Gasteiger partial charge is 0.182 e. The molecule has 0 amide bonds. The molecule has 2 aromatic heterocycles. The quantitative estimate of drug-likeness (QED) is 0.905. The van der Waals surface area contributed by atoms with Crippen LogP contribution in [0, 0.1) is 18.3 Å². The Kier molecular flexibility index (Phi) is 4.42. The Hall–Kier alpha value is -2.00. The Morgan fingerprint density at radius 3 is 2.84 bits per heavy atom. The van der Waals surface area contributed by atoms with Crippen molar-refractivity contribution in [2.75, 3.05) is 11.9 Å². The molecule has 6 heteroatoms. The molecular weight excluding hydrogens is 258 g/mol. The number of aryl methyl sites for hydroxylation is 2. The van der Waals surface area contributed by atoms with Crippen LogP contribution in [0.3, 0.4) is 0 Å². The third-order valence-electron chi connectivity index (χ3n) is 2.71. The lowest BCUT2D eigenvalue weighted by atomic mass is 10.3. The lowest BCUT2D eigenvalue weighted by Crippen LogP contribution is -2.08. The molecule has 0 unspecified atom stereocenters. The second kappa shape index (κ2) is 6.25. The predicted molar refractivity (Wildman–Crippen MR) is 75.2 cm³/mol. The highest BCUT2D eigenvalue weighted by Crippen LogP contribution is 2.18. The maximum absolute atomic E-state index is 8.90. The van der Waals surface area contributed by atoms with Gasteiger partial charge in [-0.05, 0) is 13.3 Å². The molecule has 0 bridgehead atoms. The van der Waals surface area contributed by atoms with Gasteiger partial charge in [-0.2, -0.15) is 5.26 Å². The van der Waals surface area contributed by atoms with E-state index in [9.17, 15) is 0 Å². The number of nitriles is 1. The maximum atomic E-state index is 8.90. The highest BCUT2D eigenvalue weighted by atomic mass is 32.1. The summed E-state index contributed by atoms with van der Waals surface area (Å²) in [7, 11) is 0. The van der Waals surface area contributed by atoms with E-state index in [0.29, 0.717) is 18.1 Å². The van der Waals surface area contributed by atoms with Crippen LogP contribution in [0.2, 0.25) is 0 Å². The summed E-state index contributed by atoms with van der Waals surface area (Å²) < 4.78 is 0. The van der Waals surface area contributed by atoms with Crippen molar-refractivity contribution in [1.29, 1.82) is 5.26 Å². The minimum absolute atomic E-state index is 0.326. The third-order valence-corrected chi connectivity index (χ3v) is 3.78. The molecule has 2 rings (SSSR count). The summed E-state index contributed by atoms with van der Waals surface area (Å²) in [5, 5.41) is 13.1. The first-order chi connectivity index (χ1) is 9.24. The number of nitrogens with one attached hydrogen (secondary N) is 1. The highest BCUT2D eigenvalue weighted by Gasteiger charge is 2.07. The zero-order chi connectivity index (χ0) is 13.7. The number of rotatable bonds is 5. The first kappa shape index (κ1) is 13.4. The Balaban J connectivity index is 1.94. The summed E-state index contributed by atoms with van der Waals surface area (Å²) in [4.78, 5) is 13.9. The van der Waals surface area contributed by atoms with Gasteiger partial charge in [-0.15, -0.1) is 11.3 Å². The van der Waals surface area contributed by atoms with Crippen molar-refractivity contribution in [3.05, 3.63) is 33.7 Å². The SMILES string of the molecule is CCc1nc(CCNc2nccnc2C#N)sc1C. The summed E-state index contributed by atoms with van der Waals surface area (Å²) in [5.41, 5.74) is 1.50. The van der Waals surface area contributed by atoms with Crippen molar-refractivity contribution < 1.29 is 0 Å². The Morgan fingerprint density at radius 2 is 2.16 bits per heavy atom. The van der Waals surface area contributed by atoms with Gasteiger partial charge in [0.2, 0.25) is 0 Å². The molecule has 0 saturated heterocycles. The second-order valence-corrected chi connectivity index (χ2v) is 5.29. The molecule has 0 saturated carbocycles. The van der Waals surface area contributed by atoms with Gasteiger partial charge in [0.25, 0.3) is 0 Å². The van der Waals surface area contributed by atoms with Gasteiger partial charge in [0, 0.05) is 30.2 Å². The fourth-order valence-electron chi connectivity index (χ4n) is 1.76. The Labute approximate surface area is 116 Å². The first-order valence-electron chi connectivity index (χ1n) is 6.14. The molecule has 0 radical (unpaired) electrons. The molecule has 0 aromatic carbocycles. The van der Waals surface area contributed by atoms with Crippen LogP contribution in [0.4, 0.5) is 5.82 Å². The lowest BCUT2D eigenvalue weighted by Gasteiger charge is -2.04. The van der Waals surface area contributed by atoms with Crippen molar-refractivity contribution in [2.24, 2.45) is 0 Å². The fraction of sp³-hybridized carbons (Fsp3) is 0.385. The van der Waals surface area contributed by atoms with E-state index in [-0.39, 0.29) is 0 Å². The van der Waals surface area contributed by atoms with E-state index in [4.69, 9.17) is 5.26 Å². The van der Waals surface area contributed by atoms with Gasteiger partial charge in [-0.1, -0.05) is 6.92 Å². The van der Waals surface area contributed by atoms with E-state index in [1.54, 1.807) is 17.5 Å². The van der Waals surface area contributed by atoms with Crippen LogP contribution >= 0.6 is 11.3 Å². The number of hydrogen-bond acceptors (Lipinski definition) is 6. The average Bonchev–Trinajstić information content (AvgIpc) is 2.79. The normalized spacial score (nSPS) is 10.2. The molecule has 5 nitrogen and oxygen atoms in total. The van der Waals surface area contributed by atoms with E-state index < -0.39 is 0 Å². The Bertz CT molecular complexity index is 599.